The number of carbonyl (C=O) groups is 1. The number of hydrogen-bond acceptors (Lipinski definition) is 3. The van der Waals surface area contributed by atoms with Crippen molar-refractivity contribution in [1.82, 2.24) is 9.80 Å². The second-order valence-electron chi connectivity index (χ2n) is 11.8. The second-order valence-corrected chi connectivity index (χ2v) is 12.6. The summed E-state index contributed by atoms with van der Waals surface area (Å²) < 4.78 is 0. The lowest BCUT2D eigenvalue weighted by atomic mass is 9.79. The molecule has 0 aromatic heterocycles. The molecule has 2 fully saturated rings. The monoisotopic (exact) mass is 586 g/mol. The molecule has 5 nitrogen and oxygen atoms in total. The Bertz CT molecular complexity index is 1430. The fourth-order valence-corrected chi connectivity index (χ4v) is 7.78. The first-order valence-electron chi connectivity index (χ1n) is 14.8. The predicted molar refractivity (Wildman–Crippen MR) is 168 cm³/mol. The van der Waals surface area contributed by atoms with Gasteiger partial charge in [-0.05, 0) is 97.6 Å². The maximum Gasteiger partial charge on any atom is 0.238 e. The number of benzene rings is 3. The van der Waals surface area contributed by atoms with Crippen LogP contribution in [0.5, 0.6) is 0 Å². The van der Waals surface area contributed by atoms with Gasteiger partial charge in [0.25, 0.3) is 0 Å². The Hall–Kier alpha value is -2.88. The Morgan fingerprint density at radius 2 is 1.63 bits per heavy atom. The van der Waals surface area contributed by atoms with Gasteiger partial charge in [0, 0.05) is 34.4 Å². The molecule has 212 valence electrons. The Morgan fingerprint density at radius 1 is 0.902 bits per heavy atom. The van der Waals surface area contributed by atoms with E-state index in [4.69, 9.17) is 29.8 Å². The minimum atomic E-state index is -0.0484. The van der Waals surface area contributed by atoms with Gasteiger partial charge in [-0.1, -0.05) is 72.4 Å². The average Bonchev–Trinajstić information content (AvgIpc) is 3.52. The number of fused-ring (bicyclic) bond motifs is 1. The van der Waals surface area contributed by atoms with Gasteiger partial charge in [0.15, 0.2) is 5.69 Å². The first-order chi connectivity index (χ1) is 20.0. The zero-order chi connectivity index (χ0) is 28.3. The van der Waals surface area contributed by atoms with Gasteiger partial charge in [0.1, 0.15) is 0 Å². The van der Waals surface area contributed by atoms with E-state index in [2.05, 4.69) is 44.2 Å². The fraction of sp³-hybridized carbons (Fsp3) is 0.412. The highest BCUT2D eigenvalue weighted by molar-refractivity contribution is 6.35. The van der Waals surface area contributed by atoms with Gasteiger partial charge in [-0.15, -0.1) is 0 Å². The number of halogens is 2. The SMILES string of the molecule is [C-]#[N+]c1cccc(-c2ccc3c(c2)CCN(CC(=O)Nc2cc(Cl)cc(Cl)c2)C3C2CCN(C3CCCC3)CC2)c1. The average molecular weight is 588 g/mol. The molecule has 1 unspecified atom stereocenters. The van der Waals surface area contributed by atoms with Gasteiger partial charge in [0.2, 0.25) is 5.91 Å². The van der Waals surface area contributed by atoms with Crippen molar-refractivity contribution in [3.05, 3.63) is 93.3 Å². The van der Waals surface area contributed by atoms with Crippen LogP contribution in [-0.2, 0) is 11.2 Å². The fourth-order valence-electron chi connectivity index (χ4n) is 7.26. The molecule has 3 aliphatic rings. The molecule has 1 saturated carbocycles. The summed E-state index contributed by atoms with van der Waals surface area (Å²) in [6.45, 7) is 10.8. The van der Waals surface area contributed by atoms with Crippen LogP contribution in [0, 0.1) is 12.5 Å². The number of likely N-dealkylation sites (tertiary alicyclic amines) is 1. The zero-order valence-corrected chi connectivity index (χ0v) is 24.8. The van der Waals surface area contributed by atoms with E-state index < -0.39 is 0 Å². The van der Waals surface area contributed by atoms with Crippen molar-refractivity contribution in [3.63, 3.8) is 0 Å². The van der Waals surface area contributed by atoms with E-state index in [0.717, 1.165) is 56.1 Å². The van der Waals surface area contributed by atoms with E-state index in [1.165, 1.54) is 36.8 Å². The molecule has 1 amide bonds. The van der Waals surface area contributed by atoms with Gasteiger partial charge in [-0.2, -0.15) is 0 Å². The van der Waals surface area contributed by atoms with Crippen LogP contribution in [-0.4, -0.2) is 47.9 Å². The standard InChI is InChI=1S/C34H36Cl2N4O/c1-37-29-6-4-5-24(18-29)25-9-10-32-26(17-25)13-16-40(22-33(41)38-30-20-27(35)19-28(36)21-30)34(32)23-11-14-39(15-12-23)31-7-2-3-8-31/h4-6,9-10,17-21,23,31,34H,2-3,7-8,11-16,22H2,(H,38,41). The molecule has 1 atom stereocenters. The number of anilines is 1. The molecule has 0 bridgehead atoms. The molecule has 41 heavy (non-hydrogen) atoms. The minimum Gasteiger partial charge on any atom is -0.325 e. The molecule has 7 heteroatoms. The van der Waals surface area contributed by atoms with Crippen LogP contribution >= 0.6 is 23.2 Å². The molecule has 0 spiro atoms. The molecular formula is C34H36Cl2N4O. The van der Waals surface area contributed by atoms with Crippen LogP contribution in [0.4, 0.5) is 11.4 Å². The number of nitrogens with zero attached hydrogens (tertiary/aromatic N) is 3. The van der Waals surface area contributed by atoms with E-state index in [1.807, 2.05) is 18.2 Å². The lowest BCUT2D eigenvalue weighted by Gasteiger charge is -2.45. The Morgan fingerprint density at radius 3 is 2.37 bits per heavy atom. The van der Waals surface area contributed by atoms with E-state index in [1.54, 1.807) is 18.2 Å². The molecule has 1 N–H and O–H groups in total. The van der Waals surface area contributed by atoms with Crippen molar-refractivity contribution < 1.29 is 4.79 Å². The van der Waals surface area contributed by atoms with E-state index >= 15 is 0 Å². The Balaban J connectivity index is 1.25. The van der Waals surface area contributed by atoms with Gasteiger partial charge in [0.05, 0.1) is 13.1 Å². The molecule has 1 saturated heterocycles. The number of rotatable bonds is 6. The zero-order valence-electron chi connectivity index (χ0n) is 23.3. The largest absolute Gasteiger partial charge is 0.325 e. The van der Waals surface area contributed by atoms with Crippen LogP contribution in [0.1, 0.15) is 55.7 Å². The van der Waals surface area contributed by atoms with Gasteiger partial charge >= 0.3 is 0 Å². The summed E-state index contributed by atoms with van der Waals surface area (Å²) >= 11 is 12.3. The Kier molecular flexibility index (Phi) is 8.65. The normalized spacial score (nSPS) is 20.5. The van der Waals surface area contributed by atoms with E-state index in [0.29, 0.717) is 33.9 Å². The molecule has 0 radical (unpaired) electrons. The van der Waals surface area contributed by atoms with Crippen molar-refractivity contribution >= 4 is 40.5 Å². The smallest absolute Gasteiger partial charge is 0.238 e. The summed E-state index contributed by atoms with van der Waals surface area (Å²) in [5, 5.41) is 4.03. The predicted octanol–water partition coefficient (Wildman–Crippen LogP) is 8.40. The number of carbonyl (C=O) groups excluding carboxylic acids is 1. The third kappa shape index (κ3) is 6.47. The quantitative estimate of drug-likeness (QED) is 0.295. The molecule has 2 heterocycles. The second kappa shape index (κ2) is 12.5. The maximum absolute atomic E-state index is 13.3. The highest BCUT2D eigenvalue weighted by Gasteiger charge is 2.37. The summed E-state index contributed by atoms with van der Waals surface area (Å²) in [6.07, 6.45) is 8.60. The van der Waals surface area contributed by atoms with Crippen molar-refractivity contribution in [2.24, 2.45) is 5.92 Å². The van der Waals surface area contributed by atoms with Crippen LogP contribution in [0.25, 0.3) is 16.0 Å². The van der Waals surface area contributed by atoms with Crippen LogP contribution < -0.4 is 5.32 Å². The van der Waals surface area contributed by atoms with Crippen LogP contribution in [0.2, 0.25) is 10.0 Å². The molecule has 6 rings (SSSR count). The molecule has 3 aromatic carbocycles. The highest BCUT2D eigenvalue weighted by Crippen LogP contribution is 2.42. The molecule has 1 aliphatic carbocycles. The number of amides is 1. The first kappa shape index (κ1) is 28.2. The number of nitrogens with one attached hydrogen (secondary N) is 1. The summed E-state index contributed by atoms with van der Waals surface area (Å²) in [5.41, 5.74) is 6.21. The number of hydrogen-bond donors (Lipinski definition) is 1. The lowest BCUT2D eigenvalue weighted by Crippen LogP contribution is -2.47. The minimum absolute atomic E-state index is 0.0484. The molecule has 3 aromatic rings. The van der Waals surface area contributed by atoms with E-state index in [-0.39, 0.29) is 11.9 Å². The maximum atomic E-state index is 13.3. The van der Waals surface area contributed by atoms with Crippen LogP contribution in [0.3, 0.4) is 0 Å². The van der Waals surface area contributed by atoms with E-state index in [9.17, 15) is 4.79 Å². The van der Waals surface area contributed by atoms with Gasteiger partial charge in [-0.25, -0.2) is 4.85 Å². The van der Waals surface area contributed by atoms with Crippen molar-refractivity contribution in [2.75, 3.05) is 31.5 Å². The highest BCUT2D eigenvalue weighted by atomic mass is 35.5. The topological polar surface area (TPSA) is 39.9 Å². The van der Waals surface area contributed by atoms with Crippen molar-refractivity contribution in [2.45, 2.75) is 57.0 Å². The third-order valence-corrected chi connectivity index (χ3v) is 9.62. The van der Waals surface area contributed by atoms with Gasteiger partial charge in [-0.3, -0.25) is 9.69 Å². The first-order valence-corrected chi connectivity index (χ1v) is 15.6. The van der Waals surface area contributed by atoms with Crippen molar-refractivity contribution in [3.8, 4) is 11.1 Å². The van der Waals surface area contributed by atoms with Crippen LogP contribution in [0.15, 0.2) is 60.7 Å². The Labute approximate surface area is 253 Å². The third-order valence-electron chi connectivity index (χ3n) is 9.19. The summed E-state index contributed by atoms with van der Waals surface area (Å²) in [6, 6.07) is 20.7. The summed E-state index contributed by atoms with van der Waals surface area (Å²) in [4.78, 5) is 22.0. The van der Waals surface area contributed by atoms with Crippen molar-refractivity contribution in [1.29, 1.82) is 0 Å². The lowest BCUT2D eigenvalue weighted by molar-refractivity contribution is -0.118. The van der Waals surface area contributed by atoms with Gasteiger partial charge < -0.3 is 10.2 Å². The summed E-state index contributed by atoms with van der Waals surface area (Å²) in [5.74, 6) is 0.448. The summed E-state index contributed by atoms with van der Waals surface area (Å²) in [7, 11) is 0. The molecular weight excluding hydrogens is 551 g/mol. The number of piperidine rings is 1. The molecule has 2 aliphatic heterocycles.